The van der Waals surface area contributed by atoms with Gasteiger partial charge in [0, 0.05) is 5.69 Å². The van der Waals surface area contributed by atoms with Gasteiger partial charge in [-0.25, -0.2) is 10.2 Å². The summed E-state index contributed by atoms with van der Waals surface area (Å²) in [5.74, 6) is 0.175. The SMILES string of the molecule is Cc1cc(C(=O)N/N=C/c2ccc(OC(C)C)c(Br)c2)nc(=O)[nH]1. The highest BCUT2D eigenvalue weighted by atomic mass is 79.9. The van der Waals surface area contributed by atoms with Crippen molar-refractivity contribution < 1.29 is 9.53 Å². The first-order chi connectivity index (χ1) is 11.3. The van der Waals surface area contributed by atoms with E-state index in [-0.39, 0.29) is 11.8 Å². The second kappa shape index (κ2) is 7.87. The Kier molecular flexibility index (Phi) is 5.86. The number of aromatic amines is 1. The number of rotatable bonds is 5. The number of amides is 1. The Morgan fingerprint density at radius 3 is 2.79 bits per heavy atom. The fourth-order valence-electron chi connectivity index (χ4n) is 1.87. The Bertz CT molecular complexity index is 830. The molecule has 1 aromatic carbocycles. The molecule has 0 bridgehead atoms. The Morgan fingerprint density at radius 2 is 2.17 bits per heavy atom. The van der Waals surface area contributed by atoms with Crippen molar-refractivity contribution in [3.8, 4) is 5.75 Å². The van der Waals surface area contributed by atoms with Gasteiger partial charge in [0.15, 0.2) is 0 Å². The number of hydrogen-bond donors (Lipinski definition) is 2. The number of carbonyl (C=O) groups excluding carboxylic acids is 1. The Morgan fingerprint density at radius 1 is 1.42 bits per heavy atom. The van der Waals surface area contributed by atoms with Gasteiger partial charge < -0.3 is 9.72 Å². The van der Waals surface area contributed by atoms with Crippen molar-refractivity contribution in [3.63, 3.8) is 0 Å². The van der Waals surface area contributed by atoms with Crippen LogP contribution in [0.4, 0.5) is 0 Å². The first kappa shape index (κ1) is 17.9. The van der Waals surface area contributed by atoms with Gasteiger partial charge in [0.25, 0.3) is 5.91 Å². The number of aromatic nitrogens is 2. The van der Waals surface area contributed by atoms with Crippen molar-refractivity contribution in [1.82, 2.24) is 15.4 Å². The van der Waals surface area contributed by atoms with Crippen LogP contribution in [-0.2, 0) is 0 Å². The summed E-state index contributed by atoms with van der Waals surface area (Å²) < 4.78 is 6.41. The van der Waals surface area contributed by atoms with E-state index in [4.69, 9.17) is 4.74 Å². The smallest absolute Gasteiger partial charge is 0.345 e. The highest BCUT2D eigenvalue weighted by molar-refractivity contribution is 9.10. The van der Waals surface area contributed by atoms with E-state index in [1.807, 2.05) is 32.0 Å². The fourth-order valence-corrected chi connectivity index (χ4v) is 2.36. The topological polar surface area (TPSA) is 96.4 Å². The highest BCUT2D eigenvalue weighted by Gasteiger charge is 2.08. The van der Waals surface area contributed by atoms with E-state index in [1.165, 1.54) is 12.3 Å². The van der Waals surface area contributed by atoms with Gasteiger partial charge >= 0.3 is 5.69 Å². The third-order valence-corrected chi connectivity index (χ3v) is 3.43. The average Bonchev–Trinajstić information content (AvgIpc) is 2.48. The normalized spacial score (nSPS) is 11.0. The zero-order chi connectivity index (χ0) is 17.7. The van der Waals surface area contributed by atoms with Crippen LogP contribution >= 0.6 is 15.9 Å². The lowest BCUT2D eigenvalue weighted by Crippen LogP contribution is -2.24. The standard InChI is InChI=1S/C16H17BrN4O3/c1-9(2)24-14-5-4-11(7-12(14)17)8-18-21-15(22)13-6-10(3)19-16(23)20-13/h4-9H,1-3H3,(H,21,22)(H,19,20,23)/b18-8+. The van der Waals surface area contributed by atoms with Crippen molar-refractivity contribution in [2.24, 2.45) is 5.10 Å². The zero-order valence-electron chi connectivity index (χ0n) is 13.5. The number of nitrogens with one attached hydrogen (secondary N) is 2. The van der Waals surface area contributed by atoms with Gasteiger partial charge in [-0.3, -0.25) is 4.79 Å². The maximum Gasteiger partial charge on any atom is 0.345 e. The van der Waals surface area contributed by atoms with Gasteiger partial charge in [0.1, 0.15) is 11.4 Å². The summed E-state index contributed by atoms with van der Waals surface area (Å²) in [6, 6.07) is 6.92. The number of hydrogen-bond acceptors (Lipinski definition) is 5. The van der Waals surface area contributed by atoms with Gasteiger partial charge in [-0.1, -0.05) is 0 Å². The predicted octanol–water partition coefficient (Wildman–Crippen LogP) is 2.39. The second-order valence-corrected chi connectivity index (χ2v) is 6.16. The van der Waals surface area contributed by atoms with E-state index in [9.17, 15) is 9.59 Å². The van der Waals surface area contributed by atoms with Crippen molar-refractivity contribution in [2.75, 3.05) is 0 Å². The minimum absolute atomic E-state index is 0.00950. The maximum absolute atomic E-state index is 11.9. The van der Waals surface area contributed by atoms with Crippen LogP contribution in [0.2, 0.25) is 0 Å². The second-order valence-electron chi connectivity index (χ2n) is 5.31. The molecule has 2 N–H and O–H groups in total. The molecule has 0 saturated carbocycles. The van der Waals surface area contributed by atoms with Crippen molar-refractivity contribution >= 4 is 28.1 Å². The van der Waals surface area contributed by atoms with Gasteiger partial charge in [0.05, 0.1) is 16.8 Å². The number of benzene rings is 1. The van der Waals surface area contributed by atoms with E-state index in [0.29, 0.717) is 5.69 Å². The quantitative estimate of drug-likeness (QED) is 0.602. The minimum Gasteiger partial charge on any atom is -0.490 e. The van der Waals surface area contributed by atoms with Crippen LogP contribution in [0.5, 0.6) is 5.75 Å². The van der Waals surface area contributed by atoms with Gasteiger partial charge in [0.2, 0.25) is 0 Å². The summed E-state index contributed by atoms with van der Waals surface area (Å²) in [5, 5.41) is 3.87. The first-order valence-corrected chi connectivity index (χ1v) is 8.02. The lowest BCUT2D eigenvalue weighted by Gasteiger charge is -2.11. The molecule has 1 heterocycles. The molecular formula is C16H17BrN4O3. The van der Waals surface area contributed by atoms with E-state index in [0.717, 1.165) is 15.8 Å². The molecular weight excluding hydrogens is 376 g/mol. The average molecular weight is 393 g/mol. The van der Waals surface area contributed by atoms with Crippen molar-refractivity contribution in [2.45, 2.75) is 26.9 Å². The number of nitrogens with zero attached hydrogens (tertiary/aromatic N) is 2. The molecule has 0 aliphatic rings. The Hall–Kier alpha value is -2.48. The molecule has 0 aliphatic carbocycles. The molecule has 1 amide bonds. The predicted molar refractivity (Wildman–Crippen MR) is 94.6 cm³/mol. The van der Waals surface area contributed by atoms with Crippen LogP contribution in [-0.4, -0.2) is 28.2 Å². The minimum atomic E-state index is -0.575. The van der Waals surface area contributed by atoms with Crippen molar-refractivity contribution in [1.29, 1.82) is 0 Å². The van der Waals surface area contributed by atoms with Crippen molar-refractivity contribution in [3.05, 3.63) is 56.2 Å². The number of aryl methyl sites for hydroxylation is 1. The molecule has 126 valence electrons. The maximum atomic E-state index is 11.9. The van der Waals surface area contributed by atoms with Crippen LogP contribution in [0.25, 0.3) is 0 Å². The molecule has 0 fully saturated rings. The molecule has 0 radical (unpaired) electrons. The first-order valence-electron chi connectivity index (χ1n) is 7.22. The van der Waals surface area contributed by atoms with Crippen LogP contribution in [0, 0.1) is 6.92 Å². The number of ether oxygens (including phenoxy) is 1. The van der Waals surface area contributed by atoms with Gasteiger partial charge in [-0.05, 0) is 66.5 Å². The molecule has 0 atom stereocenters. The van der Waals surface area contributed by atoms with Gasteiger partial charge in [-0.2, -0.15) is 10.1 Å². The van der Waals surface area contributed by atoms with Crippen LogP contribution < -0.4 is 15.9 Å². The Labute approximate surface area is 147 Å². The molecule has 8 heteroatoms. The molecule has 0 spiro atoms. The molecule has 2 rings (SSSR count). The van der Waals surface area contributed by atoms with E-state index < -0.39 is 11.6 Å². The third kappa shape index (κ3) is 5.02. The highest BCUT2D eigenvalue weighted by Crippen LogP contribution is 2.26. The molecule has 2 aromatic rings. The van der Waals surface area contributed by atoms with Crippen LogP contribution in [0.1, 0.15) is 35.6 Å². The molecule has 24 heavy (non-hydrogen) atoms. The lowest BCUT2D eigenvalue weighted by atomic mass is 10.2. The lowest BCUT2D eigenvalue weighted by molar-refractivity contribution is 0.0949. The monoisotopic (exact) mass is 392 g/mol. The zero-order valence-corrected chi connectivity index (χ0v) is 15.0. The van der Waals surface area contributed by atoms with Crippen LogP contribution in [0.3, 0.4) is 0 Å². The largest absolute Gasteiger partial charge is 0.490 e. The summed E-state index contributed by atoms with van der Waals surface area (Å²) in [6.07, 6.45) is 1.56. The number of carbonyl (C=O) groups is 1. The van der Waals surface area contributed by atoms with Crippen LogP contribution in [0.15, 0.2) is 38.6 Å². The molecule has 0 aliphatic heterocycles. The molecule has 0 unspecified atom stereocenters. The van der Waals surface area contributed by atoms with E-state index in [1.54, 1.807) is 6.92 Å². The third-order valence-electron chi connectivity index (χ3n) is 2.81. The molecule has 0 saturated heterocycles. The summed E-state index contributed by atoms with van der Waals surface area (Å²) in [6.45, 7) is 5.56. The Balaban J connectivity index is 2.04. The molecule has 1 aromatic heterocycles. The summed E-state index contributed by atoms with van der Waals surface area (Å²) >= 11 is 3.43. The number of halogens is 1. The van der Waals surface area contributed by atoms with Gasteiger partial charge in [-0.15, -0.1) is 0 Å². The fraction of sp³-hybridized carbons (Fsp3) is 0.250. The summed E-state index contributed by atoms with van der Waals surface area (Å²) in [7, 11) is 0. The molecule has 7 nitrogen and oxygen atoms in total. The summed E-state index contributed by atoms with van der Waals surface area (Å²) in [5.41, 5.74) is 3.09. The summed E-state index contributed by atoms with van der Waals surface area (Å²) in [4.78, 5) is 29.2. The number of hydrazone groups is 1. The van der Waals surface area contributed by atoms with E-state index in [2.05, 4.69) is 36.4 Å². The van der Waals surface area contributed by atoms with E-state index >= 15 is 0 Å². The number of H-pyrrole nitrogens is 1.